The van der Waals surface area contributed by atoms with E-state index in [2.05, 4.69) is 53.3 Å². The minimum absolute atomic E-state index is 0.0297. The molecule has 0 bridgehead atoms. The van der Waals surface area contributed by atoms with Crippen LogP contribution >= 0.6 is 15.9 Å². The summed E-state index contributed by atoms with van der Waals surface area (Å²) in [4.78, 5) is 13.2. The first kappa shape index (κ1) is 28.7. The molecule has 0 aromatic heterocycles. The van der Waals surface area contributed by atoms with Gasteiger partial charge in [-0.3, -0.25) is 4.79 Å². The molecule has 6 heteroatoms. The van der Waals surface area contributed by atoms with Gasteiger partial charge >= 0.3 is 0 Å². The number of fused-ring (bicyclic) bond motifs is 1. The number of nitriles is 1. The van der Waals surface area contributed by atoms with E-state index >= 15 is 0 Å². The average Bonchev–Trinajstić information content (AvgIpc) is 3.01. The molecule has 0 saturated heterocycles. The fourth-order valence-electron chi connectivity index (χ4n) is 4.48. The maximum Gasteiger partial charge on any atom is 0.266 e. The Kier molecular flexibility index (Phi) is 9.01. The molecule has 0 aliphatic carbocycles. The number of ether oxygens (including phenoxy) is 2. The number of carbonyl (C=O) groups excluding carboxylic acids is 1. The number of nitrogens with one attached hydrogen (secondary N) is 1. The van der Waals surface area contributed by atoms with Crippen molar-refractivity contribution < 1.29 is 14.3 Å². The standard InChI is InChI=1S/C36H29BrN2O3/c1-24-7-8-27(19-25(24)2)23-42-35-18-11-28-5-3-4-6-33(28)34(35)20-29(21-38)36(40)39-31-14-16-32(17-15-31)41-22-26-9-12-30(37)13-10-26/h3-20H,22-23H2,1-2H3,(H,39,40)/b29-20+. The molecule has 0 aliphatic heterocycles. The van der Waals surface area contributed by atoms with Crippen LogP contribution in [0.1, 0.15) is 27.8 Å². The van der Waals surface area contributed by atoms with Gasteiger partial charge in [0.1, 0.15) is 36.4 Å². The van der Waals surface area contributed by atoms with Crippen molar-refractivity contribution in [2.75, 3.05) is 5.32 Å². The highest BCUT2D eigenvalue weighted by Crippen LogP contribution is 2.31. The SMILES string of the molecule is Cc1ccc(COc2ccc3ccccc3c2/C=C(\C#N)C(=O)Nc2ccc(OCc3ccc(Br)cc3)cc2)cc1C. The van der Waals surface area contributed by atoms with Crippen molar-refractivity contribution in [2.45, 2.75) is 27.1 Å². The third kappa shape index (κ3) is 7.06. The van der Waals surface area contributed by atoms with Crippen LogP contribution in [0.15, 0.2) is 113 Å². The number of nitrogens with zero attached hydrogens (tertiary/aromatic N) is 1. The quantitative estimate of drug-likeness (QED) is 0.132. The Morgan fingerprint density at radius 1 is 0.833 bits per heavy atom. The lowest BCUT2D eigenvalue weighted by atomic mass is 10.0. The molecule has 208 valence electrons. The summed E-state index contributed by atoms with van der Waals surface area (Å²) in [7, 11) is 0. The molecule has 1 amide bonds. The molecule has 0 aliphatic rings. The average molecular weight is 618 g/mol. The van der Waals surface area contributed by atoms with E-state index in [0.717, 1.165) is 26.4 Å². The second kappa shape index (κ2) is 13.2. The first-order valence-electron chi connectivity index (χ1n) is 13.5. The number of rotatable bonds is 9. The lowest BCUT2D eigenvalue weighted by molar-refractivity contribution is -0.112. The molecule has 42 heavy (non-hydrogen) atoms. The molecule has 0 unspecified atom stereocenters. The van der Waals surface area contributed by atoms with Crippen molar-refractivity contribution in [3.05, 3.63) is 141 Å². The van der Waals surface area contributed by atoms with Crippen LogP contribution in [-0.2, 0) is 18.0 Å². The third-order valence-electron chi connectivity index (χ3n) is 6.98. The maximum absolute atomic E-state index is 13.2. The Labute approximate surface area is 254 Å². The van der Waals surface area contributed by atoms with Gasteiger partial charge in [0.2, 0.25) is 0 Å². The summed E-state index contributed by atoms with van der Waals surface area (Å²) in [5, 5.41) is 14.7. The van der Waals surface area contributed by atoms with Crippen LogP contribution < -0.4 is 14.8 Å². The van der Waals surface area contributed by atoms with Crippen LogP contribution in [0.5, 0.6) is 11.5 Å². The maximum atomic E-state index is 13.2. The second-order valence-corrected chi connectivity index (χ2v) is 10.9. The number of hydrogen-bond donors (Lipinski definition) is 1. The summed E-state index contributed by atoms with van der Waals surface area (Å²) < 4.78 is 13.1. The third-order valence-corrected chi connectivity index (χ3v) is 7.51. The van der Waals surface area contributed by atoms with E-state index in [-0.39, 0.29) is 5.57 Å². The van der Waals surface area contributed by atoms with Crippen LogP contribution in [-0.4, -0.2) is 5.91 Å². The fraction of sp³-hybridized carbons (Fsp3) is 0.111. The summed E-state index contributed by atoms with van der Waals surface area (Å²) in [6.07, 6.45) is 1.60. The zero-order chi connectivity index (χ0) is 29.5. The molecule has 5 aromatic carbocycles. The molecule has 5 aromatic rings. The van der Waals surface area contributed by atoms with Crippen molar-refractivity contribution in [1.29, 1.82) is 5.26 Å². The second-order valence-electron chi connectivity index (χ2n) is 9.97. The number of benzene rings is 5. The Hall–Kier alpha value is -4.86. The van der Waals surface area contributed by atoms with Crippen LogP contribution in [0.4, 0.5) is 5.69 Å². The van der Waals surface area contributed by atoms with Gasteiger partial charge in [0.25, 0.3) is 5.91 Å². The van der Waals surface area contributed by atoms with E-state index in [1.165, 1.54) is 11.1 Å². The number of hydrogen-bond acceptors (Lipinski definition) is 4. The van der Waals surface area contributed by atoms with Gasteiger partial charge in [-0.25, -0.2) is 0 Å². The summed E-state index contributed by atoms with van der Waals surface area (Å²) in [6, 6.07) is 35.0. The smallest absolute Gasteiger partial charge is 0.266 e. The van der Waals surface area contributed by atoms with Gasteiger partial charge < -0.3 is 14.8 Å². The normalized spacial score (nSPS) is 11.1. The Bertz CT molecular complexity index is 1800. The first-order chi connectivity index (χ1) is 20.4. The van der Waals surface area contributed by atoms with Crippen LogP contribution in [0, 0.1) is 25.2 Å². The van der Waals surface area contributed by atoms with E-state index in [1.54, 1.807) is 30.3 Å². The minimum Gasteiger partial charge on any atom is -0.489 e. The largest absolute Gasteiger partial charge is 0.489 e. The molecule has 0 saturated carbocycles. The van der Waals surface area contributed by atoms with E-state index in [0.29, 0.717) is 36.0 Å². The number of anilines is 1. The van der Waals surface area contributed by atoms with Gasteiger partial charge in [0, 0.05) is 15.7 Å². The van der Waals surface area contributed by atoms with Gasteiger partial charge in [0.15, 0.2) is 0 Å². The van der Waals surface area contributed by atoms with E-state index < -0.39 is 5.91 Å². The topological polar surface area (TPSA) is 71.3 Å². The van der Waals surface area contributed by atoms with Crippen molar-refractivity contribution in [3.8, 4) is 17.6 Å². The molecule has 5 rings (SSSR count). The molecular formula is C36H29BrN2O3. The molecule has 0 spiro atoms. The number of halogens is 1. The lowest BCUT2D eigenvalue weighted by Gasteiger charge is -2.14. The van der Waals surface area contributed by atoms with Gasteiger partial charge in [0.05, 0.1) is 0 Å². The van der Waals surface area contributed by atoms with E-state index in [1.807, 2.05) is 66.7 Å². The monoisotopic (exact) mass is 616 g/mol. The van der Waals surface area contributed by atoms with E-state index in [4.69, 9.17) is 9.47 Å². The van der Waals surface area contributed by atoms with Crippen molar-refractivity contribution in [3.63, 3.8) is 0 Å². The van der Waals surface area contributed by atoms with Gasteiger partial charge in [-0.05, 0) is 95.4 Å². The zero-order valence-corrected chi connectivity index (χ0v) is 24.9. The summed E-state index contributed by atoms with van der Waals surface area (Å²) >= 11 is 3.43. The van der Waals surface area contributed by atoms with Crippen molar-refractivity contribution in [2.24, 2.45) is 0 Å². The zero-order valence-electron chi connectivity index (χ0n) is 23.4. The number of aryl methyl sites for hydroxylation is 2. The molecule has 1 N–H and O–H groups in total. The highest BCUT2D eigenvalue weighted by atomic mass is 79.9. The Morgan fingerprint density at radius 3 is 2.29 bits per heavy atom. The Balaban J connectivity index is 1.33. The number of amides is 1. The van der Waals surface area contributed by atoms with Crippen LogP contribution in [0.25, 0.3) is 16.8 Å². The molecule has 0 atom stereocenters. The summed E-state index contributed by atoms with van der Waals surface area (Å²) in [5.41, 5.74) is 5.72. The van der Waals surface area contributed by atoms with Crippen LogP contribution in [0.2, 0.25) is 0 Å². The Morgan fingerprint density at radius 2 is 1.55 bits per heavy atom. The predicted octanol–water partition coefficient (Wildman–Crippen LogP) is 8.92. The highest BCUT2D eigenvalue weighted by molar-refractivity contribution is 9.10. The molecule has 0 heterocycles. The minimum atomic E-state index is -0.505. The fourth-order valence-corrected chi connectivity index (χ4v) is 4.74. The van der Waals surface area contributed by atoms with Gasteiger partial charge in [-0.2, -0.15) is 5.26 Å². The lowest BCUT2D eigenvalue weighted by Crippen LogP contribution is -2.13. The molecule has 0 fully saturated rings. The molecule has 0 radical (unpaired) electrons. The summed E-state index contributed by atoms with van der Waals surface area (Å²) in [6.45, 7) is 4.95. The van der Waals surface area contributed by atoms with Gasteiger partial charge in [-0.15, -0.1) is 0 Å². The molecular weight excluding hydrogens is 588 g/mol. The van der Waals surface area contributed by atoms with E-state index in [9.17, 15) is 10.1 Å². The van der Waals surface area contributed by atoms with Crippen LogP contribution in [0.3, 0.4) is 0 Å². The molecule has 5 nitrogen and oxygen atoms in total. The number of carbonyl (C=O) groups is 1. The van der Waals surface area contributed by atoms with Crippen molar-refractivity contribution >= 4 is 44.4 Å². The van der Waals surface area contributed by atoms with Gasteiger partial charge in [-0.1, -0.05) is 76.6 Å². The predicted molar refractivity (Wildman–Crippen MR) is 171 cm³/mol. The first-order valence-corrected chi connectivity index (χ1v) is 14.3. The van der Waals surface area contributed by atoms with Crippen molar-refractivity contribution in [1.82, 2.24) is 0 Å². The summed E-state index contributed by atoms with van der Waals surface area (Å²) in [5.74, 6) is 0.766. The highest BCUT2D eigenvalue weighted by Gasteiger charge is 2.14.